The molecule has 714 valence electrons. The number of nitrogens with one attached hydrogen (secondary N) is 5. The lowest BCUT2D eigenvalue weighted by Crippen LogP contribution is -2.50. The molecule has 0 radical (unpaired) electrons. The molecule has 129 heavy (non-hydrogen) atoms. The molecule has 10 aliphatic rings. The maximum absolute atomic E-state index is 12.3. The quantitative estimate of drug-likeness (QED) is 0.0314. The lowest BCUT2D eigenvalue weighted by molar-refractivity contribution is -0.133. The molecule has 0 aromatic carbocycles. The van der Waals surface area contributed by atoms with Crippen LogP contribution in [0.1, 0.15) is 197 Å². The number of carbonyl (C=O) groups excluding carboxylic acids is 2. The highest BCUT2D eigenvalue weighted by atomic mass is 16.5. The van der Waals surface area contributed by atoms with Crippen LogP contribution in [0.2, 0.25) is 0 Å². The minimum Gasteiger partial charge on any atom is -0.395 e. The summed E-state index contributed by atoms with van der Waals surface area (Å²) in [4.78, 5) is 96.1. The van der Waals surface area contributed by atoms with Crippen LogP contribution in [0.15, 0.2) is 42.7 Å². The zero-order chi connectivity index (χ0) is 93.3. The predicted octanol–water partition coefficient (Wildman–Crippen LogP) is 9.00. The number of piperazine rings is 3. The summed E-state index contributed by atoms with van der Waals surface area (Å²) < 4.78 is 31.3. The minimum atomic E-state index is -0.0751. The number of ether oxygens (including phenoxy) is 6. The summed E-state index contributed by atoms with van der Waals surface area (Å²) in [5.74, 6) is 9.41. The van der Waals surface area contributed by atoms with Gasteiger partial charge in [0.05, 0.1) is 144 Å². The molecule has 14 heterocycles. The summed E-state index contributed by atoms with van der Waals surface area (Å²) in [5.41, 5.74) is 7.28. The number of carbonyl (C=O) groups is 2. The first kappa shape index (κ1) is 101. The van der Waals surface area contributed by atoms with Crippen molar-refractivity contribution in [3.63, 3.8) is 0 Å². The molecule has 10 fully saturated rings. The topological polar surface area (TPSA) is 371 Å². The molecular weight excluding hydrogens is 1640 g/mol. The number of aliphatic hydroxyl groups excluding tert-OH is 2. The van der Waals surface area contributed by atoms with Crippen LogP contribution in [-0.2, 0) is 76.9 Å². The standard InChI is InChI=1S/C19H29N5O2.C18H31N5O2.C17H27N5O2.C14H24N4O2.C13H22N4O.C13H20N2O/c1-19(2,3)15-10-16(20-14-11-26-12-14)22-18(21-15)24-8-6-23(7-9-24)17(25)13-4-5-13;1-18(2,3)15-11-16(19-14-12-25-13-14)21-17(20-15)23-7-5-22(6-8-23)9-10-24-4;1-12(23)21-5-7-22(8-6-21)16-19-14(17(2,3)4)9-15(20-16)18-13-10-24-11-13;1-14(2,3)11-7-12(15-10-8-20-9-10)17-13(16-11)18(4)5-6-19;1-13(2,3)10-6-11(14-9-7-18-8-9)16-12(15-10)17(4)5;1-13(2,3)12-7-10(14-8-15-12)4-9-5-11(16)6-9/h10,13-14H,4-9,11-12H2,1-3H3,(H,20,21,22);11,14H,5-10,12-13H2,1-4H3,(H,19,20,21);9,13H,5-8,10-11H2,1-4H3,(H,18,19,20);7,10,19H,5-6,8-9H2,1-4H3,(H,15,16,17);6,9H,7-8H2,1-5H3,(H,14,15,16);7-9,11,16H,4-6H2,1-3H3. The van der Waals surface area contributed by atoms with Crippen molar-refractivity contribution < 1.29 is 48.2 Å². The predicted molar refractivity (Wildman–Crippen MR) is 509 cm³/mol. The van der Waals surface area contributed by atoms with Crippen molar-refractivity contribution in [2.45, 2.75) is 232 Å². The molecule has 0 atom stereocenters. The van der Waals surface area contributed by atoms with Gasteiger partial charge in [0.2, 0.25) is 41.6 Å². The number of rotatable bonds is 23. The molecule has 2 amide bonds. The van der Waals surface area contributed by atoms with Crippen LogP contribution in [0, 0.1) is 11.8 Å². The SMILES string of the molecule is CC(=O)N1CCN(c2nc(NC3COC3)cc(C(C)(C)C)n2)CC1.CC(C)(C)c1cc(CC2CC(O)C2)ncn1.CC(C)(C)c1cc(NC2COC2)nc(N2CCN(C(=O)C3CC3)CC2)n1.CN(C)c1nc(NC2COC2)cc(C(C)(C)C)n1.CN(CCO)c1nc(NC2COC2)cc(C(C)(C)C)n1.COCCN1CCN(c2nc(NC3COC3)cc(C(C)(C)C)n2)CC1. The Kier molecular flexibility index (Phi) is 34.7. The van der Waals surface area contributed by atoms with Gasteiger partial charge in [-0.25, -0.2) is 34.9 Å². The van der Waals surface area contributed by atoms with Gasteiger partial charge in [0.15, 0.2) is 0 Å². The van der Waals surface area contributed by atoms with Crippen molar-refractivity contribution in [3.8, 4) is 0 Å². The van der Waals surface area contributed by atoms with Crippen LogP contribution in [-0.4, -0.2) is 332 Å². The van der Waals surface area contributed by atoms with Gasteiger partial charge in [-0.3, -0.25) is 14.5 Å². The summed E-state index contributed by atoms with van der Waals surface area (Å²) in [6.45, 7) is 60.2. The van der Waals surface area contributed by atoms with E-state index in [9.17, 15) is 14.7 Å². The van der Waals surface area contributed by atoms with E-state index in [-0.39, 0.29) is 51.1 Å². The number of aliphatic hydroxyl groups is 2. The Morgan fingerprint density at radius 3 is 1.08 bits per heavy atom. The largest absolute Gasteiger partial charge is 0.395 e. The van der Waals surface area contributed by atoms with E-state index in [1.54, 1.807) is 20.4 Å². The van der Waals surface area contributed by atoms with Crippen molar-refractivity contribution in [1.82, 2.24) is 74.5 Å². The second-order valence-electron chi connectivity index (χ2n) is 42.1. The van der Waals surface area contributed by atoms with E-state index in [0.29, 0.717) is 60.4 Å². The first-order valence-corrected chi connectivity index (χ1v) is 46.6. The second kappa shape index (κ2) is 44.5. The van der Waals surface area contributed by atoms with Crippen LogP contribution in [0.25, 0.3) is 0 Å². The molecule has 2 aliphatic carbocycles. The van der Waals surface area contributed by atoms with Gasteiger partial charge < -0.3 is 99.5 Å². The monoisotopic (exact) mass is 1790 g/mol. The van der Waals surface area contributed by atoms with E-state index in [1.165, 1.54) is 0 Å². The van der Waals surface area contributed by atoms with Crippen LogP contribution >= 0.6 is 0 Å². The lowest BCUT2D eigenvalue weighted by Gasteiger charge is -2.36. The Labute approximate surface area is 766 Å². The van der Waals surface area contributed by atoms with Gasteiger partial charge in [-0.1, -0.05) is 125 Å². The van der Waals surface area contributed by atoms with Crippen LogP contribution in [0.5, 0.6) is 0 Å². The molecule has 8 saturated heterocycles. The van der Waals surface area contributed by atoms with Crippen molar-refractivity contribution in [1.29, 1.82) is 0 Å². The third-order valence-corrected chi connectivity index (χ3v) is 23.8. The number of methoxy groups -OCH3 is 1. The molecule has 16 rings (SSSR count). The Balaban J connectivity index is 0.000000151. The number of amides is 2. The third kappa shape index (κ3) is 30.6. The van der Waals surface area contributed by atoms with E-state index in [4.69, 9.17) is 63.4 Å². The molecule has 35 heteroatoms. The number of anilines is 10. The van der Waals surface area contributed by atoms with Gasteiger partial charge in [-0.2, -0.15) is 24.9 Å². The fraction of sp³-hybridized carbons (Fsp3) is 0.723. The van der Waals surface area contributed by atoms with Crippen LogP contribution < -0.4 is 51.1 Å². The zero-order valence-electron chi connectivity index (χ0n) is 81.7. The molecule has 6 aromatic heterocycles. The fourth-order valence-corrected chi connectivity index (χ4v) is 14.6. The number of hydrogen-bond donors (Lipinski definition) is 7. The van der Waals surface area contributed by atoms with Crippen molar-refractivity contribution in [3.05, 3.63) is 82.6 Å². The van der Waals surface area contributed by atoms with E-state index >= 15 is 0 Å². The Bertz CT molecular complexity index is 4530. The summed E-state index contributed by atoms with van der Waals surface area (Å²) in [6.07, 6.45) is 6.54. The number of likely N-dealkylation sites (N-methyl/N-ethyl adjacent to an activating group) is 1. The molecule has 0 spiro atoms. The highest BCUT2D eigenvalue weighted by molar-refractivity contribution is 5.81. The first-order valence-electron chi connectivity index (χ1n) is 46.6. The molecular formula is C94H153N25O10. The van der Waals surface area contributed by atoms with E-state index in [1.807, 2.05) is 58.9 Å². The Morgan fingerprint density at radius 2 is 0.767 bits per heavy atom. The molecule has 8 aliphatic heterocycles. The maximum atomic E-state index is 12.3. The highest BCUT2D eigenvalue weighted by Crippen LogP contribution is 2.36. The van der Waals surface area contributed by atoms with Gasteiger partial charge in [0, 0.05) is 207 Å². The molecule has 6 aromatic rings. The second-order valence-corrected chi connectivity index (χ2v) is 42.1. The van der Waals surface area contributed by atoms with Gasteiger partial charge in [-0.05, 0) is 44.1 Å². The van der Waals surface area contributed by atoms with Gasteiger partial charge in [-0.15, -0.1) is 0 Å². The summed E-state index contributed by atoms with van der Waals surface area (Å²) in [5, 5.41) is 35.4. The summed E-state index contributed by atoms with van der Waals surface area (Å²) in [6, 6.07) is 14.0. The maximum Gasteiger partial charge on any atom is 0.227 e. The van der Waals surface area contributed by atoms with Gasteiger partial charge in [0.1, 0.15) is 35.4 Å². The highest BCUT2D eigenvalue weighted by Gasteiger charge is 2.37. The molecule has 0 unspecified atom stereocenters. The molecule has 2 saturated carbocycles. The smallest absolute Gasteiger partial charge is 0.227 e. The van der Waals surface area contributed by atoms with Crippen LogP contribution in [0.3, 0.4) is 0 Å². The average Bonchev–Trinajstić information content (AvgIpc) is 1.49. The molecule has 0 bridgehead atoms. The number of hydrogen-bond acceptors (Lipinski definition) is 33. The van der Waals surface area contributed by atoms with Crippen molar-refractivity contribution >= 4 is 70.6 Å². The minimum absolute atomic E-state index is 0.00940. The normalized spacial score (nSPS) is 19.6. The van der Waals surface area contributed by atoms with Crippen LogP contribution in [0.4, 0.5) is 58.8 Å². The lowest BCUT2D eigenvalue weighted by atomic mass is 9.79. The third-order valence-electron chi connectivity index (χ3n) is 23.8. The van der Waals surface area contributed by atoms with Gasteiger partial charge in [0.25, 0.3) is 0 Å². The van der Waals surface area contributed by atoms with Crippen molar-refractivity contribution in [2.75, 3.05) is 250 Å². The van der Waals surface area contributed by atoms with Gasteiger partial charge >= 0.3 is 0 Å². The first-order chi connectivity index (χ1) is 60.9. The Hall–Kier alpha value is -8.94. The van der Waals surface area contributed by atoms with E-state index in [2.05, 4.69) is 219 Å². The average molecular weight is 1790 g/mol. The molecule has 7 N–H and O–H groups in total. The van der Waals surface area contributed by atoms with E-state index < -0.39 is 0 Å². The zero-order valence-corrected chi connectivity index (χ0v) is 81.7. The summed E-state index contributed by atoms with van der Waals surface area (Å²) in [7, 11) is 7.55. The Morgan fingerprint density at radius 1 is 0.434 bits per heavy atom. The van der Waals surface area contributed by atoms with E-state index in [0.717, 1.165) is 283 Å². The number of nitrogens with zero attached hydrogens (tertiary/aromatic N) is 20. The summed E-state index contributed by atoms with van der Waals surface area (Å²) >= 11 is 0. The fourth-order valence-electron chi connectivity index (χ4n) is 14.6. The number of aromatic nitrogens is 12. The van der Waals surface area contributed by atoms with Crippen molar-refractivity contribution in [2.24, 2.45) is 11.8 Å². The molecule has 35 nitrogen and oxygen atoms in total.